The van der Waals surface area contributed by atoms with E-state index in [1.165, 1.54) is 0 Å². The number of nitrogens with zero attached hydrogens (tertiary/aromatic N) is 2. The summed E-state index contributed by atoms with van der Waals surface area (Å²) in [5.74, 6) is 0.796. The number of rotatable bonds is 6. The summed E-state index contributed by atoms with van der Waals surface area (Å²) in [6.07, 6.45) is 1.39. The van der Waals surface area contributed by atoms with Crippen molar-refractivity contribution in [2.24, 2.45) is 5.10 Å². The Bertz CT molecular complexity index is 572. The van der Waals surface area contributed by atoms with Crippen LogP contribution in [0.5, 0.6) is 5.75 Å². The van der Waals surface area contributed by atoms with Gasteiger partial charge in [-0.1, -0.05) is 13.8 Å². The third-order valence-electron chi connectivity index (χ3n) is 2.95. The number of nitrogens with one attached hydrogen (secondary N) is 1. The van der Waals surface area contributed by atoms with E-state index in [4.69, 9.17) is 10.00 Å². The Kier molecular flexibility index (Phi) is 6.41. The van der Waals surface area contributed by atoms with Gasteiger partial charge < -0.3 is 4.74 Å². The van der Waals surface area contributed by atoms with Crippen molar-refractivity contribution in [3.8, 4) is 11.8 Å². The predicted molar refractivity (Wildman–Crippen MR) is 82.4 cm³/mol. The van der Waals surface area contributed by atoms with Gasteiger partial charge in [0.05, 0.1) is 18.9 Å². The highest BCUT2D eigenvalue weighted by Gasteiger charge is 2.10. The van der Waals surface area contributed by atoms with Crippen molar-refractivity contribution in [3.63, 3.8) is 0 Å². The normalized spacial score (nSPS) is 10.7. The van der Waals surface area contributed by atoms with Crippen LogP contribution in [0.15, 0.2) is 17.2 Å². The van der Waals surface area contributed by atoms with Gasteiger partial charge in [-0.25, -0.2) is 5.43 Å². The monoisotopic (exact) mass is 287 g/mol. The third kappa shape index (κ3) is 4.92. The van der Waals surface area contributed by atoms with Gasteiger partial charge in [0.15, 0.2) is 0 Å². The Morgan fingerprint density at radius 1 is 1.52 bits per heavy atom. The average molecular weight is 287 g/mol. The molecule has 1 aromatic carbocycles. The molecule has 1 amide bonds. The SMILES string of the molecule is CCOc1cc(C)c(/C=N\NC(=O)CC#N)cc1C(C)C. The second-order valence-corrected chi connectivity index (χ2v) is 4.96. The molecular formula is C16H21N3O2. The topological polar surface area (TPSA) is 74.5 Å². The van der Waals surface area contributed by atoms with Crippen LogP contribution >= 0.6 is 0 Å². The lowest BCUT2D eigenvalue weighted by Crippen LogP contribution is -2.16. The van der Waals surface area contributed by atoms with E-state index in [-0.39, 0.29) is 6.42 Å². The van der Waals surface area contributed by atoms with Crippen LogP contribution in [0, 0.1) is 18.3 Å². The molecule has 0 aliphatic heterocycles. The molecule has 112 valence electrons. The van der Waals surface area contributed by atoms with Crippen LogP contribution in [0.4, 0.5) is 0 Å². The summed E-state index contributed by atoms with van der Waals surface area (Å²) in [7, 11) is 0. The van der Waals surface area contributed by atoms with Crippen LogP contribution in [0.2, 0.25) is 0 Å². The van der Waals surface area contributed by atoms with E-state index in [9.17, 15) is 4.79 Å². The lowest BCUT2D eigenvalue weighted by Gasteiger charge is -2.15. The number of carbonyl (C=O) groups excluding carboxylic acids is 1. The van der Waals surface area contributed by atoms with E-state index in [2.05, 4.69) is 24.4 Å². The molecule has 0 saturated heterocycles. The number of hydrogen-bond donors (Lipinski definition) is 1. The largest absolute Gasteiger partial charge is 0.494 e. The van der Waals surface area contributed by atoms with E-state index in [0.717, 1.165) is 22.4 Å². The molecule has 0 saturated carbocycles. The van der Waals surface area contributed by atoms with Crippen molar-refractivity contribution in [3.05, 3.63) is 28.8 Å². The number of aryl methyl sites for hydroxylation is 1. The molecule has 0 spiro atoms. The molecule has 0 aliphatic rings. The summed E-state index contributed by atoms with van der Waals surface area (Å²) >= 11 is 0. The lowest BCUT2D eigenvalue weighted by atomic mass is 9.97. The van der Waals surface area contributed by atoms with Gasteiger partial charge in [0, 0.05) is 0 Å². The first-order valence-corrected chi connectivity index (χ1v) is 6.95. The predicted octanol–water partition coefficient (Wildman–Crippen LogP) is 2.88. The van der Waals surface area contributed by atoms with E-state index in [1.807, 2.05) is 26.0 Å². The Labute approximate surface area is 125 Å². The van der Waals surface area contributed by atoms with Crippen molar-refractivity contribution in [2.45, 2.75) is 40.0 Å². The summed E-state index contributed by atoms with van der Waals surface area (Å²) < 4.78 is 5.66. The molecule has 0 heterocycles. The first-order valence-electron chi connectivity index (χ1n) is 6.95. The van der Waals surface area contributed by atoms with Crippen LogP contribution < -0.4 is 10.2 Å². The van der Waals surface area contributed by atoms with Gasteiger partial charge >= 0.3 is 0 Å². The molecule has 1 N–H and O–H groups in total. The summed E-state index contributed by atoms with van der Waals surface area (Å²) in [6, 6.07) is 5.77. The minimum atomic E-state index is -0.415. The first kappa shape index (κ1) is 16.7. The lowest BCUT2D eigenvalue weighted by molar-refractivity contribution is -0.120. The van der Waals surface area contributed by atoms with Gasteiger partial charge in [-0.2, -0.15) is 10.4 Å². The van der Waals surface area contributed by atoms with Crippen molar-refractivity contribution in [1.82, 2.24) is 5.43 Å². The smallest absolute Gasteiger partial charge is 0.254 e. The molecule has 1 rings (SSSR count). The molecule has 0 bridgehead atoms. The van der Waals surface area contributed by atoms with Crippen LogP contribution in [0.3, 0.4) is 0 Å². The minimum absolute atomic E-state index is 0.198. The molecule has 1 aromatic rings. The van der Waals surface area contributed by atoms with Crippen LogP contribution in [0.25, 0.3) is 0 Å². The quantitative estimate of drug-likeness (QED) is 0.645. The van der Waals surface area contributed by atoms with Gasteiger partial charge in [-0.3, -0.25) is 4.79 Å². The Hall–Kier alpha value is -2.35. The summed E-state index contributed by atoms with van der Waals surface area (Å²) in [6.45, 7) is 8.74. The summed E-state index contributed by atoms with van der Waals surface area (Å²) in [4.78, 5) is 11.2. The maximum atomic E-state index is 11.2. The second-order valence-electron chi connectivity index (χ2n) is 4.96. The van der Waals surface area contributed by atoms with Crippen molar-refractivity contribution in [2.75, 3.05) is 6.61 Å². The molecule has 21 heavy (non-hydrogen) atoms. The second kappa shape index (κ2) is 8.05. The molecule has 0 unspecified atom stereocenters. The van der Waals surface area contributed by atoms with Gasteiger partial charge in [-0.15, -0.1) is 0 Å². The van der Waals surface area contributed by atoms with Crippen molar-refractivity contribution >= 4 is 12.1 Å². The fraction of sp³-hybridized carbons (Fsp3) is 0.438. The first-order chi connectivity index (χ1) is 9.99. The fourth-order valence-corrected chi connectivity index (χ4v) is 1.87. The van der Waals surface area contributed by atoms with Crippen LogP contribution in [-0.4, -0.2) is 18.7 Å². The number of hydrazone groups is 1. The number of ether oxygens (including phenoxy) is 1. The highest BCUT2D eigenvalue weighted by molar-refractivity contribution is 5.85. The fourth-order valence-electron chi connectivity index (χ4n) is 1.87. The van der Waals surface area contributed by atoms with Crippen molar-refractivity contribution < 1.29 is 9.53 Å². The van der Waals surface area contributed by atoms with E-state index < -0.39 is 5.91 Å². The summed E-state index contributed by atoms with van der Waals surface area (Å²) in [5, 5.41) is 12.3. The Morgan fingerprint density at radius 3 is 2.81 bits per heavy atom. The van der Waals surface area contributed by atoms with Gasteiger partial charge in [0.2, 0.25) is 0 Å². The van der Waals surface area contributed by atoms with Gasteiger partial charge in [0.25, 0.3) is 5.91 Å². The molecule has 0 fully saturated rings. The minimum Gasteiger partial charge on any atom is -0.494 e. The zero-order chi connectivity index (χ0) is 15.8. The zero-order valence-electron chi connectivity index (χ0n) is 12.9. The van der Waals surface area contributed by atoms with Crippen LogP contribution in [-0.2, 0) is 4.79 Å². The van der Waals surface area contributed by atoms with E-state index >= 15 is 0 Å². The molecular weight excluding hydrogens is 266 g/mol. The Morgan fingerprint density at radius 2 is 2.24 bits per heavy atom. The van der Waals surface area contributed by atoms with Crippen molar-refractivity contribution in [1.29, 1.82) is 5.26 Å². The maximum Gasteiger partial charge on any atom is 0.254 e. The Balaban J connectivity index is 2.98. The number of benzene rings is 1. The maximum absolute atomic E-state index is 11.2. The van der Waals surface area contributed by atoms with Crippen LogP contribution in [0.1, 0.15) is 49.8 Å². The summed E-state index contributed by atoms with van der Waals surface area (Å²) in [5.41, 5.74) is 5.36. The number of carbonyl (C=O) groups is 1. The van der Waals surface area contributed by atoms with E-state index in [0.29, 0.717) is 12.5 Å². The van der Waals surface area contributed by atoms with E-state index in [1.54, 1.807) is 12.3 Å². The number of nitriles is 1. The standard InChI is InChI=1S/C16H21N3O2/c1-5-21-15-8-12(4)13(9-14(15)11(2)3)10-18-19-16(20)6-7-17/h8-11H,5-6H2,1-4H3,(H,19,20)/b18-10-. The van der Waals surface area contributed by atoms with Gasteiger partial charge in [-0.05, 0) is 48.6 Å². The third-order valence-corrected chi connectivity index (χ3v) is 2.95. The molecule has 5 nitrogen and oxygen atoms in total. The average Bonchev–Trinajstić information content (AvgIpc) is 2.41. The molecule has 0 aromatic heterocycles. The molecule has 0 aliphatic carbocycles. The van der Waals surface area contributed by atoms with Gasteiger partial charge in [0.1, 0.15) is 12.2 Å². The number of amides is 1. The molecule has 0 radical (unpaired) electrons. The zero-order valence-corrected chi connectivity index (χ0v) is 12.9. The highest BCUT2D eigenvalue weighted by atomic mass is 16.5. The highest BCUT2D eigenvalue weighted by Crippen LogP contribution is 2.29. The number of hydrogen-bond acceptors (Lipinski definition) is 4. The molecule has 5 heteroatoms. The molecule has 0 atom stereocenters.